The van der Waals surface area contributed by atoms with Crippen LogP contribution in [0.5, 0.6) is 0 Å². The van der Waals surface area contributed by atoms with E-state index in [-0.39, 0.29) is 12.2 Å². The highest BCUT2D eigenvalue weighted by Crippen LogP contribution is 2.27. The van der Waals surface area contributed by atoms with E-state index in [1.54, 1.807) is 19.4 Å². The van der Waals surface area contributed by atoms with E-state index in [9.17, 15) is 4.79 Å². The summed E-state index contributed by atoms with van der Waals surface area (Å²) in [5, 5.41) is 0. The number of nitrogens with zero attached hydrogens (tertiary/aromatic N) is 1. The molecule has 2 N–H and O–H groups in total. The molecule has 1 saturated heterocycles. The van der Waals surface area contributed by atoms with Crippen molar-refractivity contribution in [1.82, 2.24) is 4.98 Å². The molecule has 0 atom stereocenters. The Morgan fingerprint density at radius 1 is 1.56 bits per heavy atom. The maximum absolute atomic E-state index is 12.4. The Balaban J connectivity index is 2.13. The Morgan fingerprint density at radius 3 is 2.89 bits per heavy atom. The van der Waals surface area contributed by atoms with E-state index < -0.39 is 5.60 Å². The van der Waals surface area contributed by atoms with E-state index in [0.717, 1.165) is 5.56 Å². The number of rotatable bonds is 4. The third-order valence-electron chi connectivity index (χ3n) is 3.48. The van der Waals surface area contributed by atoms with E-state index in [4.69, 9.17) is 15.2 Å². The third-order valence-corrected chi connectivity index (χ3v) is 3.48. The van der Waals surface area contributed by atoms with Crippen LogP contribution in [0, 0.1) is 0 Å². The highest BCUT2D eigenvalue weighted by Gasteiger charge is 2.39. The fraction of sp³-hybridized carbons (Fsp3) is 0.538. The Kier molecular flexibility index (Phi) is 3.93. The highest BCUT2D eigenvalue weighted by molar-refractivity contribution is 5.90. The first kappa shape index (κ1) is 13.0. The molecule has 0 aliphatic carbocycles. The molecule has 1 fully saturated rings. The van der Waals surface area contributed by atoms with Crippen LogP contribution in [0.2, 0.25) is 0 Å². The van der Waals surface area contributed by atoms with Crippen molar-refractivity contribution in [2.24, 2.45) is 0 Å². The van der Waals surface area contributed by atoms with Gasteiger partial charge >= 0.3 is 0 Å². The summed E-state index contributed by atoms with van der Waals surface area (Å²) in [4.78, 5) is 16.4. The highest BCUT2D eigenvalue weighted by atomic mass is 16.5. The Morgan fingerprint density at radius 2 is 2.28 bits per heavy atom. The molecule has 98 valence electrons. The molecule has 0 amide bonds. The van der Waals surface area contributed by atoms with Gasteiger partial charge in [0.1, 0.15) is 11.4 Å². The van der Waals surface area contributed by atoms with Gasteiger partial charge < -0.3 is 15.2 Å². The zero-order valence-corrected chi connectivity index (χ0v) is 10.5. The molecule has 2 rings (SSSR count). The van der Waals surface area contributed by atoms with Crippen molar-refractivity contribution in [3.05, 3.63) is 23.9 Å². The first-order valence-corrected chi connectivity index (χ1v) is 6.03. The standard InChI is InChI=1S/C13H18N2O3/c1-17-13(4-7-18-8-5-13)11(16)9-10-3-2-6-15-12(10)14/h2-3,6H,4-5,7-9H2,1H3,(H2,14,15). The van der Waals surface area contributed by atoms with Gasteiger partial charge in [0, 0.05) is 51.3 Å². The fourth-order valence-electron chi connectivity index (χ4n) is 2.23. The second-order valence-corrected chi connectivity index (χ2v) is 4.46. The average Bonchev–Trinajstić information content (AvgIpc) is 2.42. The summed E-state index contributed by atoms with van der Waals surface area (Å²) in [5.41, 5.74) is 5.79. The van der Waals surface area contributed by atoms with Crippen LogP contribution in [0.4, 0.5) is 5.82 Å². The van der Waals surface area contributed by atoms with Crippen molar-refractivity contribution in [3.8, 4) is 0 Å². The summed E-state index contributed by atoms with van der Waals surface area (Å²) in [6.07, 6.45) is 3.07. The number of hydrogen-bond donors (Lipinski definition) is 1. The summed E-state index contributed by atoms with van der Waals surface area (Å²) in [6, 6.07) is 3.60. The van der Waals surface area contributed by atoms with Gasteiger partial charge in [-0.1, -0.05) is 6.07 Å². The van der Waals surface area contributed by atoms with Crippen molar-refractivity contribution >= 4 is 11.6 Å². The molecule has 2 heterocycles. The number of ether oxygens (including phenoxy) is 2. The number of methoxy groups -OCH3 is 1. The third kappa shape index (κ3) is 2.52. The van der Waals surface area contributed by atoms with Crippen LogP contribution in [0.1, 0.15) is 18.4 Å². The Bertz CT molecular complexity index is 428. The van der Waals surface area contributed by atoms with Crippen molar-refractivity contribution in [3.63, 3.8) is 0 Å². The van der Waals surface area contributed by atoms with Crippen molar-refractivity contribution in [2.45, 2.75) is 24.9 Å². The van der Waals surface area contributed by atoms with Gasteiger partial charge in [-0.05, 0) is 6.07 Å². The molecular weight excluding hydrogens is 232 g/mol. The molecule has 0 unspecified atom stereocenters. The molecule has 0 aromatic carbocycles. The van der Waals surface area contributed by atoms with Crippen molar-refractivity contribution in [2.75, 3.05) is 26.1 Å². The lowest BCUT2D eigenvalue weighted by Gasteiger charge is -2.34. The van der Waals surface area contributed by atoms with Gasteiger partial charge in [0.15, 0.2) is 5.78 Å². The van der Waals surface area contributed by atoms with Crippen LogP contribution in [0.3, 0.4) is 0 Å². The second kappa shape index (κ2) is 5.46. The van der Waals surface area contributed by atoms with Gasteiger partial charge in [0.25, 0.3) is 0 Å². The number of pyridine rings is 1. The maximum Gasteiger partial charge on any atom is 0.169 e. The maximum atomic E-state index is 12.4. The lowest BCUT2D eigenvalue weighted by Crippen LogP contribution is -2.46. The van der Waals surface area contributed by atoms with Gasteiger partial charge in [0.2, 0.25) is 0 Å². The molecule has 0 spiro atoms. The minimum absolute atomic E-state index is 0.0491. The lowest BCUT2D eigenvalue weighted by atomic mass is 9.86. The largest absolute Gasteiger partial charge is 0.383 e. The molecule has 0 saturated carbocycles. The minimum atomic E-state index is -0.722. The predicted octanol–water partition coefficient (Wildman–Crippen LogP) is 0.971. The molecule has 0 bridgehead atoms. The monoisotopic (exact) mass is 250 g/mol. The van der Waals surface area contributed by atoms with Crippen LogP contribution >= 0.6 is 0 Å². The van der Waals surface area contributed by atoms with Crippen LogP contribution in [0.25, 0.3) is 0 Å². The fourth-order valence-corrected chi connectivity index (χ4v) is 2.23. The minimum Gasteiger partial charge on any atom is -0.383 e. The summed E-state index contributed by atoms with van der Waals surface area (Å²) in [6.45, 7) is 1.12. The lowest BCUT2D eigenvalue weighted by molar-refractivity contribution is -0.151. The van der Waals surface area contributed by atoms with E-state index >= 15 is 0 Å². The summed E-state index contributed by atoms with van der Waals surface area (Å²) in [7, 11) is 1.58. The molecule has 1 aromatic rings. The number of hydrogen-bond acceptors (Lipinski definition) is 5. The summed E-state index contributed by atoms with van der Waals surface area (Å²) >= 11 is 0. The van der Waals surface area contributed by atoms with Crippen LogP contribution in [-0.4, -0.2) is 36.7 Å². The number of anilines is 1. The number of carbonyl (C=O) groups is 1. The zero-order chi connectivity index (χ0) is 13.0. The molecule has 1 aliphatic rings. The van der Waals surface area contributed by atoms with E-state index in [2.05, 4.69) is 4.98 Å². The van der Waals surface area contributed by atoms with Crippen LogP contribution in [0.15, 0.2) is 18.3 Å². The van der Waals surface area contributed by atoms with Crippen molar-refractivity contribution in [1.29, 1.82) is 0 Å². The molecule has 1 aliphatic heterocycles. The molecule has 1 aromatic heterocycles. The average molecular weight is 250 g/mol. The number of Topliss-reactive ketones (excluding diaryl/α,β-unsaturated/α-hetero) is 1. The van der Waals surface area contributed by atoms with Crippen LogP contribution in [-0.2, 0) is 20.7 Å². The second-order valence-electron chi connectivity index (χ2n) is 4.46. The van der Waals surface area contributed by atoms with E-state index in [1.807, 2.05) is 6.07 Å². The first-order chi connectivity index (χ1) is 8.68. The molecular formula is C13H18N2O3. The molecule has 18 heavy (non-hydrogen) atoms. The smallest absolute Gasteiger partial charge is 0.169 e. The first-order valence-electron chi connectivity index (χ1n) is 6.03. The zero-order valence-electron chi connectivity index (χ0n) is 10.5. The molecule has 5 nitrogen and oxygen atoms in total. The Labute approximate surface area is 106 Å². The number of nitrogens with two attached hydrogens (primary N) is 1. The number of carbonyl (C=O) groups excluding carboxylic acids is 1. The van der Waals surface area contributed by atoms with Crippen molar-refractivity contribution < 1.29 is 14.3 Å². The molecule has 5 heteroatoms. The van der Waals surface area contributed by atoms with Gasteiger partial charge in [-0.25, -0.2) is 4.98 Å². The summed E-state index contributed by atoms with van der Waals surface area (Å²) < 4.78 is 10.7. The topological polar surface area (TPSA) is 74.4 Å². The van der Waals surface area contributed by atoms with Gasteiger partial charge in [-0.15, -0.1) is 0 Å². The van der Waals surface area contributed by atoms with E-state index in [0.29, 0.717) is 31.9 Å². The van der Waals surface area contributed by atoms with Gasteiger partial charge in [0.05, 0.1) is 0 Å². The number of ketones is 1. The number of aromatic nitrogens is 1. The van der Waals surface area contributed by atoms with Gasteiger partial charge in [-0.2, -0.15) is 0 Å². The summed E-state index contributed by atoms with van der Waals surface area (Å²) in [5.74, 6) is 0.456. The predicted molar refractivity (Wildman–Crippen MR) is 67.2 cm³/mol. The molecule has 0 radical (unpaired) electrons. The van der Waals surface area contributed by atoms with Gasteiger partial charge in [-0.3, -0.25) is 4.79 Å². The SMILES string of the molecule is COC1(C(=O)Cc2cccnc2N)CCOCC1. The van der Waals surface area contributed by atoms with Crippen LogP contribution < -0.4 is 5.73 Å². The quantitative estimate of drug-likeness (QED) is 0.862. The number of nitrogen functional groups attached to an aromatic ring is 1. The van der Waals surface area contributed by atoms with E-state index in [1.165, 1.54) is 0 Å². The normalized spacial score (nSPS) is 18.5. The Hall–Kier alpha value is -1.46.